The van der Waals surface area contributed by atoms with Gasteiger partial charge in [-0.1, -0.05) is 26.2 Å². The Kier molecular flexibility index (Phi) is 4.90. The SMILES string of the molecule is CCCCCC[C@@](C)(O)C(=O)O. The van der Waals surface area contributed by atoms with Crippen LogP contribution in [0.25, 0.3) is 0 Å². The molecule has 0 aromatic heterocycles. The highest BCUT2D eigenvalue weighted by Gasteiger charge is 2.28. The van der Waals surface area contributed by atoms with E-state index in [1.165, 1.54) is 6.92 Å². The Morgan fingerprint density at radius 3 is 2.33 bits per heavy atom. The molecule has 2 N–H and O–H groups in total. The third kappa shape index (κ3) is 4.34. The molecule has 3 heteroatoms. The van der Waals surface area contributed by atoms with Gasteiger partial charge in [0.2, 0.25) is 0 Å². The van der Waals surface area contributed by atoms with Crippen LogP contribution in [0.5, 0.6) is 0 Å². The molecule has 0 aliphatic carbocycles. The average molecular weight is 174 g/mol. The van der Waals surface area contributed by atoms with Crippen LogP contribution in [0.2, 0.25) is 0 Å². The van der Waals surface area contributed by atoms with Crippen molar-refractivity contribution in [3.05, 3.63) is 0 Å². The molecule has 0 saturated carbocycles. The lowest BCUT2D eigenvalue weighted by atomic mass is 9.98. The number of carbonyl (C=O) groups is 1. The van der Waals surface area contributed by atoms with E-state index in [9.17, 15) is 9.90 Å². The van der Waals surface area contributed by atoms with Crippen molar-refractivity contribution in [2.45, 2.75) is 51.6 Å². The Labute approximate surface area is 73.4 Å². The third-order valence-corrected chi connectivity index (χ3v) is 1.98. The molecule has 0 spiro atoms. The summed E-state index contributed by atoms with van der Waals surface area (Å²) in [6.07, 6.45) is 4.36. The quantitative estimate of drug-likeness (QED) is 0.603. The van der Waals surface area contributed by atoms with Crippen LogP contribution in [0.3, 0.4) is 0 Å². The molecule has 0 aliphatic heterocycles. The summed E-state index contributed by atoms with van der Waals surface area (Å²) < 4.78 is 0. The lowest BCUT2D eigenvalue weighted by Crippen LogP contribution is -2.34. The fourth-order valence-corrected chi connectivity index (χ4v) is 1.00. The molecule has 0 heterocycles. The molecule has 0 saturated heterocycles. The summed E-state index contributed by atoms with van der Waals surface area (Å²) >= 11 is 0. The van der Waals surface area contributed by atoms with Crippen LogP contribution in [0.1, 0.15) is 46.0 Å². The van der Waals surface area contributed by atoms with Crippen molar-refractivity contribution in [3.8, 4) is 0 Å². The Morgan fingerprint density at radius 1 is 1.33 bits per heavy atom. The standard InChI is InChI=1S/C9H18O3/c1-3-4-5-6-7-9(2,12)8(10)11/h12H,3-7H2,1-2H3,(H,10,11)/t9-/m1/s1. The van der Waals surface area contributed by atoms with Crippen molar-refractivity contribution in [1.82, 2.24) is 0 Å². The average Bonchev–Trinajstić information content (AvgIpc) is 1.98. The Bertz CT molecular complexity index is 141. The van der Waals surface area contributed by atoms with Crippen LogP contribution >= 0.6 is 0 Å². The molecule has 0 bridgehead atoms. The van der Waals surface area contributed by atoms with E-state index in [4.69, 9.17) is 5.11 Å². The molecule has 12 heavy (non-hydrogen) atoms. The topological polar surface area (TPSA) is 57.5 Å². The minimum Gasteiger partial charge on any atom is -0.479 e. The van der Waals surface area contributed by atoms with E-state index in [2.05, 4.69) is 6.92 Å². The van der Waals surface area contributed by atoms with Crippen molar-refractivity contribution >= 4 is 5.97 Å². The van der Waals surface area contributed by atoms with E-state index in [1.54, 1.807) is 0 Å². The predicted molar refractivity (Wildman–Crippen MR) is 47.0 cm³/mol. The van der Waals surface area contributed by atoms with Gasteiger partial charge in [0, 0.05) is 0 Å². The zero-order valence-corrected chi connectivity index (χ0v) is 7.84. The second kappa shape index (κ2) is 5.14. The molecule has 1 atom stereocenters. The molecular formula is C9H18O3. The number of hydrogen-bond acceptors (Lipinski definition) is 2. The van der Waals surface area contributed by atoms with Gasteiger partial charge in [-0.2, -0.15) is 0 Å². The highest BCUT2D eigenvalue weighted by molar-refractivity contribution is 5.76. The minimum absolute atomic E-state index is 0.350. The highest BCUT2D eigenvalue weighted by atomic mass is 16.4. The van der Waals surface area contributed by atoms with E-state index < -0.39 is 11.6 Å². The van der Waals surface area contributed by atoms with E-state index >= 15 is 0 Å². The van der Waals surface area contributed by atoms with Gasteiger partial charge in [-0.05, 0) is 19.8 Å². The van der Waals surface area contributed by atoms with Gasteiger partial charge >= 0.3 is 5.97 Å². The number of aliphatic hydroxyl groups is 1. The Hall–Kier alpha value is -0.570. The van der Waals surface area contributed by atoms with Crippen molar-refractivity contribution in [2.75, 3.05) is 0 Å². The molecule has 0 fully saturated rings. The summed E-state index contributed by atoms with van der Waals surface area (Å²) in [5.41, 5.74) is -1.53. The lowest BCUT2D eigenvalue weighted by Gasteiger charge is -2.16. The highest BCUT2D eigenvalue weighted by Crippen LogP contribution is 2.14. The van der Waals surface area contributed by atoms with E-state index in [1.807, 2.05) is 0 Å². The summed E-state index contributed by atoms with van der Waals surface area (Å²) in [6.45, 7) is 3.44. The van der Waals surface area contributed by atoms with Crippen molar-refractivity contribution in [1.29, 1.82) is 0 Å². The smallest absolute Gasteiger partial charge is 0.335 e. The van der Waals surface area contributed by atoms with Gasteiger partial charge in [0.15, 0.2) is 5.60 Å². The summed E-state index contributed by atoms with van der Waals surface area (Å²) in [5.74, 6) is -1.13. The number of carboxylic acid groups (broad SMARTS) is 1. The van der Waals surface area contributed by atoms with Crippen LogP contribution < -0.4 is 0 Å². The van der Waals surface area contributed by atoms with Crippen LogP contribution in [0.15, 0.2) is 0 Å². The van der Waals surface area contributed by atoms with E-state index in [0.29, 0.717) is 6.42 Å². The first kappa shape index (κ1) is 11.4. The zero-order valence-electron chi connectivity index (χ0n) is 7.84. The molecule has 0 rings (SSSR count). The number of carboxylic acids is 1. The summed E-state index contributed by atoms with van der Waals surface area (Å²) in [5, 5.41) is 17.8. The van der Waals surface area contributed by atoms with Crippen molar-refractivity contribution in [2.24, 2.45) is 0 Å². The minimum atomic E-state index is -1.53. The number of rotatable bonds is 6. The van der Waals surface area contributed by atoms with Crippen molar-refractivity contribution in [3.63, 3.8) is 0 Å². The fraction of sp³-hybridized carbons (Fsp3) is 0.889. The molecule has 0 unspecified atom stereocenters. The Morgan fingerprint density at radius 2 is 1.92 bits per heavy atom. The van der Waals surface area contributed by atoms with Gasteiger partial charge in [-0.3, -0.25) is 0 Å². The first-order chi connectivity index (χ1) is 5.50. The van der Waals surface area contributed by atoms with Gasteiger partial charge in [0.25, 0.3) is 0 Å². The zero-order chi connectivity index (χ0) is 9.61. The largest absolute Gasteiger partial charge is 0.479 e. The first-order valence-corrected chi connectivity index (χ1v) is 4.46. The number of hydrogen-bond donors (Lipinski definition) is 2. The van der Waals surface area contributed by atoms with Crippen LogP contribution in [0, 0.1) is 0 Å². The van der Waals surface area contributed by atoms with E-state index in [0.717, 1.165) is 25.7 Å². The van der Waals surface area contributed by atoms with Crippen LogP contribution in [0.4, 0.5) is 0 Å². The van der Waals surface area contributed by atoms with Crippen LogP contribution in [-0.4, -0.2) is 21.8 Å². The maximum Gasteiger partial charge on any atom is 0.335 e. The lowest BCUT2D eigenvalue weighted by molar-refractivity contribution is -0.157. The molecule has 0 aromatic carbocycles. The second-order valence-corrected chi connectivity index (χ2v) is 3.39. The Balaban J connectivity index is 3.54. The van der Waals surface area contributed by atoms with Gasteiger partial charge in [0.05, 0.1) is 0 Å². The second-order valence-electron chi connectivity index (χ2n) is 3.39. The fourth-order valence-electron chi connectivity index (χ4n) is 1.00. The van der Waals surface area contributed by atoms with Crippen LogP contribution in [-0.2, 0) is 4.79 Å². The molecule has 0 amide bonds. The predicted octanol–water partition coefficient (Wildman–Crippen LogP) is 1.79. The number of aliphatic carboxylic acids is 1. The summed E-state index contributed by atoms with van der Waals surface area (Å²) in [4.78, 5) is 10.4. The van der Waals surface area contributed by atoms with Gasteiger partial charge in [0.1, 0.15) is 0 Å². The first-order valence-electron chi connectivity index (χ1n) is 4.46. The molecular weight excluding hydrogens is 156 g/mol. The van der Waals surface area contributed by atoms with Gasteiger partial charge < -0.3 is 10.2 Å². The van der Waals surface area contributed by atoms with Gasteiger partial charge in [-0.15, -0.1) is 0 Å². The summed E-state index contributed by atoms with van der Waals surface area (Å²) in [7, 11) is 0. The summed E-state index contributed by atoms with van der Waals surface area (Å²) in [6, 6.07) is 0. The van der Waals surface area contributed by atoms with Gasteiger partial charge in [-0.25, -0.2) is 4.79 Å². The monoisotopic (exact) mass is 174 g/mol. The van der Waals surface area contributed by atoms with Crippen molar-refractivity contribution < 1.29 is 15.0 Å². The maximum absolute atomic E-state index is 10.4. The van der Waals surface area contributed by atoms with E-state index in [-0.39, 0.29) is 0 Å². The molecule has 3 nitrogen and oxygen atoms in total. The molecule has 0 aromatic rings. The normalized spacial score (nSPS) is 15.6. The molecule has 72 valence electrons. The third-order valence-electron chi connectivity index (χ3n) is 1.98. The number of unbranched alkanes of at least 4 members (excludes halogenated alkanes) is 3. The molecule has 0 radical (unpaired) electrons. The maximum atomic E-state index is 10.4. The molecule has 0 aliphatic rings.